The van der Waals surface area contributed by atoms with Crippen molar-refractivity contribution in [2.75, 3.05) is 4.90 Å². The number of benzene rings is 5. The first-order chi connectivity index (χ1) is 17.4. The van der Waals surface area contributed by atoms with Gasteiger partial charge in [0.05, 0.1) is 15.9 Å². The van der Waals surface area contributed by atoms with Gasteiger partial charge in [-0.2, -0.15) is 0 Å². The van der Waals surface area contributed by atoms with E-state index >= 15 is 0 Å². The molecule has 0 saturated heterocycles. The van der Waals surface area contributed by atoms with Crippen LogP contribution in [0, 0.1) is 0 Å². The van der Waals surface area contributed by atoms with Gasteiger partial charge in [-0.15, -0.1) is 11.3 Å². The maximum atomic E-state index is 6.69. The minimum atomic E-state index is 0.858. The molecule has 7 aromatic rings. The first-order valence-corrected chi connectivity index (χ1v) is 12.5. The van der Waals surface area contributed by atoms with E-state index in [4.69, 9.17) is 4.74 Å². The third-order valence-corrected chi connectivity index (χ3v) is 8.03. The summed E-state index contributed by atoms with van der Waals surface area (Å²) in [6.45, 7) is 0. The van der Waals surface area contributed by atoms with Gasteiger partial charge in [-0.25, -0.2) is 0 Å². The summed E-state index contributed by atoms with van der Waals surface area (Å²) in [5, 5.41) is 6.04. The van der Waals surface area contributed by atoms with E-state index < -0.39 is 0 Å². The van der Waals surface area contributed by atoms with Gasteiger partial charge in [0.25, 0.3) is 0 Å². The minimum absolute atomic E-state index is 0.858. The summed E-state index contributed by atoms with van der Waals surface area (Å²) in [7, 11) is 0. The molecule has 1 aliphatic rings. The fourth-order valence-corrected chi connectivity index (χ4v) is 6.59. The molecule has 3 heterocycles. The van der Waals surface area contributed by atoms with Gasteiger partial charge in [0.15, 0.2) is 11.5 Å². The smallest absolute Gasteiger partial charge is 0.160 e. The Morgan fingerprint density at radius 3 is 2.46 bits per heavy atom. The predicted octanol–water partition coefficient (Wildman–Crippen LogP) is 9.33. The number of hydrogen-bond acceptors (Lipinski definition) is 4. The number of fused-ring (bicyclic) bond motifs is 10. The molecule has 0 amide bonds. The molecule has 0 spiro atoms. The lowest BCUT2D eigenvalue weighted by atomic mass is 9.99. The van der Waals surface area contributed by atoms with E-state index in [2.05, 4.69) is 101 Å². The van der Waals surface area contributed by atoms with Crippen molar-refractivity contribution < 1.29 is 4.74 Å². The Morgan fingerprint density at radius 1 is 0.714 bits per heavy atom. The number of para-hydroxylation sites is 2. The Balaban J connectivity index is 1.56. The molecule has 0 bridgehead atoms. The van der Waals surface area contributed by atoms with Crippen molar-refractivity contribution in [2.45, 2.75) is 0 Å². The van der Waals surface area contributed by atoms with Crippen molar-refractivity contribution >= 4 is 70.2 Å². The average molecular weight is 467 g/mol. The lowest BCUT2D eigenvalue weighted by Gasteiger charge is -2.34. The lowest BCUT2D eigenvalue weighted by molar-refractivity contribution is 0.483. The first-order valence-electron chi connectivity index (χ1n) is 11.6. The minimum Gasteiger partial charge on any atom is -0.452 e. The summed E-state index contributed by atoms with van der Waals surface area (Å²) in [4.78, 5) is 6.90. The molecule has 8 rings (SSSR count). The highest BCUT2D eigenvalue weighted by Crippen LogP contribution is 2.58. The van der Waals surface area contributed by atoms with Gasteiger partial charge in [-0.05, 0) is 47.9 Å². The third-order valence-electron chi connectivity index (χ3n) is 6.85. The van der Waals surface area contributed by atoms with Gasteiger partial charge in [-0.1, -0.05) is 60.7 Å². The van der Waals surface area contributed by atoms with Crippen LogP contribution in [0.3, 0.4) is 0 Å². The molecule has 3 nitrogen and oxygen atoms in total. The van der Waals surface area contributed by atoms with Crippen LogP contribution in [0.25, 0.3) is 41.8 Å². The molecular formula is C31H18N2OS. The summed E-state index contributed by atoms with van der Waals surface area (Å²) < 4.78 is 9.20. The first kappa shape index (κ1) is 19.0. The van der Waals surface area contributed by atoms with E-state index in [0.717, 1.165) is 44.9 Å². The zero-order valence-electron chi connectivity index (χ0n) is 18.6. The highest BCUT2D eigenvalue weighted by Gasteiger charge is 2.31. The molecule has 0 fully saturated rings. The fraction of sp³-hybridized carbons (Fsp3) is 0. The van der Waals surface area contributed by atoms with Crippen LogP contribution in [0.2, 0.25) is 0 Å². The van der Waals surface area contributed by atoms with E-state index in [1.807, 2.05) is 29.7 Å². The number of aromatic nitrogens is 1. The van der Waals surface area contributed by atoms with Crippen LogP contribution in [0.4, 0.5) is 17.1 Å². The lowest BCUT2D eigenvalue weighted by Crippen LogP contribution is -2.16. The molecule has 5 aromatic carbocycles. The zero-order valence-corrected chi connectivity index (χ0v) is 19.4. The second kappa shape index (κ2) is 7.05. The van der Waals surface area contributed by atoms with Crippen LogP contribution in [0.5, 0.6) is 11.5 Å². The third kappa shape index (κ3) is 2.63. The van der Waals surface area contributed by atoms with E-state index in [-0.39, 0.29) is 0 Å². The Morgan fingerprint density at radius 2 is 1.51 bits per heavy atom. The highest BCUT2D eigenvalue weighted by molar-refractivity contribution is 7.26. The fourth-order valence-electron chi connectivity index (χ4n) is 5.34. The van der Waals surface area contributed by atoms with Crippen LogP contribution >= 0.6 is 11.3 Å². The van der Waals surface area contributed by atoms with Crippen molar-refractivity contribution in [3.8, 4) is 11.5 Å². The van der Waals surface area contributed by atoms with Crippen LogP contribution in [-0.2, 0) is 0 Å². The number of anilines is 3. The SMILES string of the molecule is c1ccc2c(c1)Oc1c(c3sc4ccccc4c3c3ccccc13)N2c1ccc2ncccc2c1. The molecule has 164 valence electrons. The van der Waals surface area contributed by atoms with Crippen LogP contribution in [0.15, 0.2) is 109 Å². The largest absolute Gasteiger partial charge is 0.452 e. The Kier molecular flexibility index (Phi) is 3.82. The number of ether oxygens (including phenoxy) is 1. The van der Waals surface area contributed by atoms with Crippen molar-refractivity contribution in [1.82, 2.24) is 4.98 Å². The highest BCUT2D eigenvalue weighted by atomic mass is 32.1. The number of hydrogen-bond donors (Lipinski definition) is 0. The van der Waals surface area contributed by atoms with Crippen LogP contribution in [-0.4, -0.2) is 4.98 Å². The van der Waals surface area contributed by atoms with Gasteiger partial charge in [0, 0.05) is 38.1 Å². The predicted molar refractivity (Wildman–Crippen MR) is 147 cm³/mol. The molecule has 1 aliphatic heterocycles. The quantitative estimate of drug-likeness (QED) is 0.241. The second-order valence-corrected chi connectivity index (χ2v) is 9.86. The standard InChI is InChI=1S/C31H18N2OS/c1-2-10-22-21(9-1)28-23-11-3-6-14-27(23)35-31(28)29-30(22)34-26-13-5-4-12-25(26)33(29)20-15-16-24-19(18-20)8-7-17-32-24/h1-18H. The summed E-state index contributed by atoms with van der Waals surface area (Å²) in [5.41, 5.74) is 4.22. The number of nitrogens with zero attached hydrogens (tertiary/aromatic N) is 2. The number of rotatable bonds is 1. The van der Waals surface area contributed by atoms with Crippen molar-refractivity contribution in [2.24, 2.45) is 0 Å². The van der Waals surface area contributed by atoms with Gasteiger partial charge in [-0.3, -0.25) is 4.98 Å². The van der Waals surface area contributed by atoms with E-state index in [9.17, 15) is 0 Å². The zero-order chi connectivity index (χ0) is 22.9. The normalized spacial score (nSPS) is 12.7. The van der Waals surface area contributed by atoms with Gasteiger partial charge in [0.2, 0.25) is 0 Å². The molecule has 35 heavy (non-hydrogen) atoms. The summed E-state index contributed by atoms with van der Waals surface area (Å²) in [6, 6.07) is 36.2. The summed E-state index contributed by atoms with van der Waals surface area (Å²) >= 11 is 1.83. The average Bonchev–Trinajstić information content (AvgIpc) is 3.31. The van der Waals surface area contributed by atoms with E-state index in [1.54, 1.807) is 0 Å². The molecule has 0 aliphatic carbocycles. The van der Waals surface area contributed by atoms with Crippen molar-refractivity contribution in [3.05, 3.63) is 109 Å². The van der Waals surface area contributed by atoms with Crippen molar-refractivity contribution in [3.63, 3.8) is 0 Å². The molecule has 0 unspecified atom stereocenters. The van der Waals surface area contributed by atoms with Gasteiger partial charge < -0.3 is 9.64 Å². The Labute approximate surface area is 205 Å². The molecule has 2 aromatic heterocycles. The summed E-state index contributed by atoms with van der Waals surface area (Å²) in [5.74, 6) is 1.77. The molecular weight excluding hydrogens is 448 g/mol. The second-order valence-electron chi connectivity index (χ2n) is 8.81. The monoisotopic (exact) mass is 466 g/mol. The maximum Gasteiger partial charge on any atom is 0.160 e. The number of pyridine rings is 1. The summed E-state index contributed by atoms with van der Waals surface area (Å²) in [6.07, 6.45) is 1.84. The molecule has 4 heteroatoms. The van der Waals surface area contributed by atoms with E-state index in [0.29, 0.717) is 0 Å². The van der Waals surface area contributed by atoms with Crippen LogP contribution in [0.1, 0.15) is 0 Å². The van der Waals surface area contributed by atoms with Crippen LogP contribution < -0.4 is 9.64 Å². The molecule has 0 saturated carbocycles. The Bertz CT molecular complexity index is 1960. The Hall–Kier alpha value is -4.41. The molecule has 0 N–H and O–H groups in total. The molecule has 0 atom stereocenters. The topological polar surface area (TPSA) is 25.4 Å². The number of thiophene rings is 1. The van der Waals surface area contributed by atoms with Crippen molar-refractivity contribution in [1.29, 1.82) is 0 Å². The molecule has 0 radical (unpaired) electrons. The maximum absolute atomic E-state index is 6.69. The van der Waals surface area contributed by atoms with E-state index in [1.165, 1.54) is 25.6 Å². The van der Waals surface area contributed by atoms with Gasteiger partial charge in [0.1, 0.15) is 5.69 Å². The van der Waals surface area contributed by atoms with Gasteiger partial charge >= 0.3 is 0 Å².